The van der Waals surface area contributed by atoms with Gasteiger partial charge in [0.05, 0.1) is 5.88 Å². The van der Waals surface area contributed by atoms with Gasteiger partial charge in [0, 0.05) is 5.75 Å². The summed E-state index contributed by atoms with van der Waals surface area (Å²) in [5.74, 6) is 0.830. The second kappa shape index (κ2) is 5.08. The van der Waals surface area contributed by atoms with Gasteiger partial charge in [0.25, 0.3) is 0 Å². The lowest BCUT2D eigenvalue weighted by Crippen LogP contribution is -2.07. The smallest absolute Gasteiger partial charge is 0.160 e. The average molecular weight is 135 g/mol. The third kappa shape index (κ3) is 5.94. The van der Waals surface area contributed by atoms with Gasteiger partial charge in [-0.3, -0.25) is 4.99 Å². The molecule has 0 unspecified atom stereocenters. The molecule has 0 aromatic carbocycles. The van der Waals surface area contributed by atoms with Crippen LogP contribution in [0.4, 0.5) is 0 Å². The van der Waals surface area contributed by atoms with E-state index in [9.17, 15) is 0 Å². The number of rotatable bonds is 4. The molecule has 0 atom stereocenters. The molecule has 0 fully saturated rings. The Hall–Kier alpha value is -0.0600. The molecular weight excluding hydrogens is 126 g/mol. The minimum Gasteiger partial charge on any atom is -0.367 e. The lowest BCUT2D eigenvalue weighted by Gasteiger charge is -1.98. The highest BCUT2D eigenvalue weighted by molar-refractivity contribution is 7.99. The largest absolute Gasteiger partial charge is 0.367 e. The molecule has 0 aliphatic rings. The Morgan fingerprint density at radius 3 is 2.62 bits per heavy atom. The zero-order valence-electron chi connectivity index (χ0n) is 4.45. The Bertz CT molecular complexity index is 67.1. The Morgan fingerprint density at radius 1 is 1.62 bits per heavy atom. The van der Waals surface area contributed by atoms with E-state index in [2.05, 4.69) is 11.7 Å². The van der Waals surface area contributed by atoms with Crippen LogP contribution in [0, 0.1) is 0 Å². The van der Waals surface area contributed by atoms with Crippen LogP contribution in [-0.2, 0) is 0 Å². The lowest BCUT2D eigenvalue weighted by atomic mass is 10.8. The Balaban J connectivity index is 2.81. The van der Waals surface area contributed by atoms with Gasteiger partial charge in [-0.15, -0.1) is 11.8 Å². The highest BCUT2D eigenvalue weighted by Gasteiger charge is 1.93. The molecule has 8 heavy (non-hydrogen) atoms. The molecule has 0 radical (unpaired) electrons. The summed E-state index contributed by atoms with van der Waals surface area (Å²) in [6.45, 7) is 3.22. The number of aliphatic hydroxyl groups is 2. The van der Waals surface area contributed by atoms with E-state index in [1.807, 2.05) is 0 Å². The first-order valence-corrected chi connectivity index (χ1v) is 3.29. The predicted molar refractivity (Wildman–Crippen MR) is 35.1 cm³/mol. The fourth-order valence-corrected chi connectivity index (χ4v) is 0.668. The summed E-state index contributed by atoms with van der Waals surface area (Å²) in [4.78, 5) is 3.50. The van der Waals surface area contributed by atoms with E-state index in [0.29, 0.717) is 11.6 Å². The van der Waals surface area contributed by atoms with Crippen molar-refractivity contribution in [1.82, 2.24) is 0 Å². The predicted octanol–water partition coefficient (Wildman–Crippen LogP) is -0.312. The number of hydrogen-bond donors (Lipinski definition) is 2. The quantitative estimate of drug-likeness (QED) is 0.316. The molecule has 0 amide bonds. The van der Waals surface area contributed by atoms with Crippen LogP contribution in [0.5, 0.6) is 0 Å². The molecule has 0 aliphatic carbocycles. The first-order valence-electron chi connectivity index (χ1n) is 2.13. The lowest BCUT2D eigenvalue weighted by molar-refractivity contribution is -0.0186. The topological polar surface area (TPSA) is 52.8 Å². The van der Waals surface area contributed by atoms with Crippen LogP contribution >= 0.6 is 11.8 Å². The summed E-state index contributed by atoms with van der Waals surface area (Å²) in [5, 5.41) is 16.5. The standard InChI is InChI=1S/C4H9NO2S/c1-5-3-8-2-4(6)7/h4,6-7H,1-3H2. The van der Waals surface area contributed by atoms with E-state index >= 15 is 0 Å². The van der Waals surface area contributed by atoms with Gasteiger partial charge >= 0.3 is 0 Å². The summed E-state index contributed by atoms with van der Waals surface area (Å²) in [7, 11) is 0. The normalized spacial score (nSPS) is 9.88. The van der Waals surface area contributed by atoms with Crippen molar-refractivity contribution in [3.05, 3.63) is 0 Å². The highest BCUT2D eigenvalue weighted by Crippen LogP contribution is 1.99. The number of aliphatic imine (C=N–C) groups is 1. The maximum Gasteiger partial charge on any atom is 0.160 e. The number of thioether (sulfide) groups is 1. The van der Waals surface area contributed by atoms with Crippen LogP contribution in [0.3, 0.4) is 0 Å². The van der Waals surface area contributed by atoms with E-state index in [1.54, 1.807) is 0 Å². The fourth-order valence-electron chi connectivity index (χ4n) is 0.223. The molecule has 0 aromatic rings. The Labute approximate surface area is 52.4 Å². The Kier molecular flexibility index (Phi) is 5.05. The molecule has 2 N–H and O–H groups in total. The number of hydrogen-bond acceptors (Lipinski definition) is 4. The van der Waals surface area contributed by atoms with Gasteiger partial charge in [-0.1, -0.05) is 0 Å². The molecule has 0 bridgehead atoms. The van der Waals surface area contributed by atoms with Gasteiger partial charge in [0.1, 0.15) is 0 Å². The molecular formula is C4H9NO2S. The average Bonchev–Trinajstić information content (AvgIpc) is 1.66. The van der Waals surface area contributed by atoms with Crippen LogP contribution in [-0.4, -0.2) is 34.9 Å². The van der Waals surface area contributed by atoms with Crippen molar-refractivity contribution in [2.24, 2.45) is 4.99 Å². The molecule has 3 nitrogen and oxygen atoms in total. The summed E-state index contributed by atoms with van der Waals surface area (Å²) in [6, 6.07) is 0. The third-order valence-electron chi connectivity index (χ3n) is 0.449. The Morgan fingerprint density at radius 2 is 2.25 bits per heavy atom. The van der Waals surface area contributed by atoms with E-state index in [1.165, 1.54) is 11.8 Å². The molecule has 48 valence electrons. The van der Waals surface area contributed by atoms with Crippen molar-refractivity contribution < 1.29 is 10.2 Å². The first-order chi connectivity index (χ1) is 3.77. The summed E-state index contributed by atoms with van der Waals surface area (Å²) < 4.78 is 0. The molecule has 0 rings (SSSR count). The van der Waals surface area contributed by atoms with Crippen LogP contribution in [0.1, 0.15) is 0 Å². The monoisotopic (exact) mass is 135 g/mol. The SMILES string of the molecule is C=NCSCC(O)O. The molecule has 4 heteroatoms. The van der Waals surface area contributed by atoms with Gasteiger partial charge in [-0.05, 0) is 6.72 Å². The number of aliphatic hydroxyl groups excluding tert-OH is 1. The molecule has 0 spiro atoms. The van der Waals surface area contributed by atoms with Crippen LogP contribution in [0.25, 0.3) is 0 Å². The van der Waals surface area contributed by atoms with E-state index in [4.69, 9.17) is 10.2 Å². The molecule has 0 saturated carbocycles. The van der Waals surface area contributed by atoms with Crippen molar-refractivity contribution in [2.75, 3.05) is 11.6 Å². The molecule has 0 heterocycles. The first kappa shape index (κ1) is 7.94. The van der Waals surface area contributed by atoms with Gasteiger partial charge in [-0.2, -0.15) is 0 Å². The maximum atomic E-state index is 8.25. The minimum absolute atomic E-state index is 0.305. The zero-order valence-corrected chi connectivity index (χ0v) is 5.27. The molecule has 0 aromatic heterocycles. The molecule has 0 aliphatic heterocycles. The van der Waals surface area contributed by atoms with Crippen molar-refractivity contribution in [3.8, 4) is 0 Å². The van der Waals surface area contributed by atoms with Crippen LogP contribution < -0.4 is 0 Å². The van der Waals surface area contributed by atoms with Gasteiger partial charge < -0.3 is 10.2 Å². The van der Waals surface area contributed by atoms with E-state index in [0.717, 1.165) is 0 Å². The number of nitrogens with zero attached hydrogens (tertiary/aromatic N) is 1. The second-order valence-electron chi connectivity index (χ2n) is 1.20. The van der Waals surface area contributed by atoms with Crippen molar-refractivity contribution in [1.29, 1.82) is 0 Å². The maximum absolute atomic E-state index is 8.25. The summed E-state index contributed by atoms with van der Waals surface area (Å²) in [5.41, 5.74) is 0. The zero-order chi connectivity index (χ0) is 6.41. The van der Waals surface area contributed by atoms with Gasteiger partial charge in [-0.25, -0.2) is 0 Å². The van der Waals surface area contributed by atoms with Crippen LogP contribution in [0.2, 0.25) is 0 Å². The highest BCUT2D eigenvalue weighted by atomic mass is 32.2. The third-order valence-corrected chi connectivity index (χ3v) is 1.35. The summed E-state index contributed by atoms with van der Waals surface area (Å²) in [6.07, 6.45) is -1.22. The van der Waals surface area contributed by atoms with Gasteiger partial charge in [0.2, 0.25) is 0 Å². The second-order valence-corrected chi connectivity index (χ2v) is 2.20. The van der Waals surface area contributed by atoms with E-state index in [-0.39, 0.29) is 0 Å². The van der Waals surface area contributed by atoms with Crippen molar-refractivity contribution >= 4 is 18.5 Å². The van der Waals surface area contributed by atoms with Crippen LogP contribution in [0.15, 0.2) is 4.99 Å². The fraction of sp³-hybridized carbons (Fsp3) is 0.750. The minimum atomic E-state index is -1.22. The van der Waals surface area contributed by atoms with E-state index < -0.39 is 6.29 Å². The molecule has 0 saturated heterocycles. The van der Waals surface area contributed by atoms with Crippen molar-refractivity contribution in [2.45, 2.75) is 6.29 Å². The van der Waals surface area contributed by atoms with Gasteiger partial charge in [0.15, 0.2) is 6.29 Å². The van der Waals surface area contributed by atoms with Crippen molar-refractivity contribution in [3.63, 3.8) is 0 Å². The summed E-state index contributed by atoms with van der Waals surface area (Å²) >= 11 is 1.33.